The number of likely N-dealkylation sites (tertiary alicyclic amines) is 1. The molecule has 1 saturated heterocycles. The van der Waals surface area contributed by atoms with E-state index in [1.807, 2.05) is 12.1 Å². The van der Waals surface area contributed by atoms with Gasteiger partial charge in [-0.2, -0.15) is 0 Å². The summed E-state index contributed by atoms with van der Waals surface area (Å²) in [6, 6.07) is 6.25. The Bertz CT molecular complexity index is 503. The Morgan fingerprint density at radius 1 is 1.14 bits per heavy atom. The van der Waals surface area contributed by atoms with Gasteiger partial charge < -0.3 is 10.2 Å². The third kappa shape index (κ3) is 3.86. The molecule has 1 saturated carbocycles. The maximum absolute atomic E-state index is 12.4. The lowest BCUT2D eigenvalue weighted by Crippen LogP contribution is -2.36. The van der Waals surface area contributed by atoms with E-state index >= 15 is 0 Å². The van der Waals surface area contributed by atoms with Crippen molar-refractivity contribution in [2.24, 2.45) is 0 Å². The van der Waals surface area contributed by atoms with E-state index in [9.17, 15) is 4.79 Å². The number of aromatic nitrogens is 1. The van der Waals surface area contributed by atoms with Gasteiger partial charge in [-0.25, -0.2) is 4.98 Å². The van der Waals surface area contributed by atoms with Crippen molar-refractivity contribution in [2.75, 3.05) is 20.1 Å². The Labute approximate surface area is 133 Å². The van der Waals surface area contributed by atoms with Gasteiger partial charge in [-0.05, 0) is 58.0 Å². The van der Waals surface area contributed by atoms with Crippen LogP contribution < -0.4 is 5.32 Å². The molecule has 22 heavy (non-hydrogen) atoms. The minimum absolute atomic E-state index is 0.00155. The van der Waals surface area contributed by atoms with Gasteiger partial charge >= 0.3 is 0 Å². The number of pyridine rings is 1. The van der Waals surface area contributed by atoms with Crippen molar-refractivity contribution in [1.82, 2.24) is 15.2 Å². The third-order valence-electron chi connectivity index (χ3n) is 5.08. The van der Waals surface area contributed by atoms with Gasteiger partial charge in [-0.3, -0.25) is 4.79 Å². The number of nitrogens with one attached hydrogen (secondary N) is 1. The fourth-order valence-corrected chi connectivity index (χ4v) is 3.62. The highest BCUT2D eigenvalue weighted by Gasteiger charge is 2.21. The zero-order valence-electron chi connectivity index (χ0n) is 13.6. The van der Waals surface area contributed by atoms with E-state index in [1.54, 1.807) is 0 Å². The Morgan fingerprint density at radius 2 is 1.86 bits per heavy atom. The molecule has 2 heterocycles. The normalized spacial score (nSPS) is 21.7. The molecule has 120 valence electrons. The quantitative estimate of drug-likeness (QED) is 0.933. The Kier molecular flexibility index (Phi) is 5.08. The molecule has 0 aromatic carbocycles. The molecule has 2 aliphatic rings. The van der Waals surface area contributed by atoms with Crippen LogP contribution in [-0.4, -0.2) is 42.0 Å². The molecular formula is C18H27N3O. The van der Waals surface area contributed by atoms with Crippen molar-refractivity contribution in [3.05, 3.63) is 29.6 Å². The number of rotatable bonds is 3. The van der Waals surface area contributed by atoms with Crippen LogP contribution in [0.15, 0.2) is 18.2 Å². The average molecular weight is 301 g/mol. The highest BCUT2D eigenvalue weighted by atomic mass is 16.1. The van der Waals surface area contributed by atoms with Gasteiger partial charge in [-0.15, -0.1) is 0 Å². The van der Waals surface area contributed by atoms with Crippen LogP contribution >= 0.6 is 0 Å². The number of carbonyl (C=O) groups is 1. The molecule has 0 atom stereocenters. The van der Waals surface area contributed by atoms with Crippen LogP contribution in [0.5, 0.6) is 0 Å². The number of amides is 1. The highest BCUT2D eigenvalue weighted by Crippen LogP contribution is 2.26. The van der Waals surface area contributed by atoms with Crippen LogP contribution in [0.3, 0.4) is 0 Å². The van der Waals surface area contributed by atoms with Crippen molar-refractivity contribution < 1.29 is 4.79 Å². The maximum atomic E-state index is 12.4. The van der Waals surface area contributed by atoms with Crippen LogP contribution in [0, 0.1) is 0 Å². The van der Waals surface area contributed by atoms with Crippen LogP contribution in [0.2, 0.25) is 0 Å². The summed E-state index contributed by atoms with van der Waals surface area (Å²) in [6.45, 7) is 2.23. The lowest BCUT2D eigenvalue weighted by atomic mass is 9.93. The van der Waals surface area contributed by atoms with E-state index in [-0.39, 0.29) is 5.91 Å². The van der Waals surface area contributed by atoms with Crippen LogP contribution in [-0.2, 0) is 0 Å². The third-order valence-corrected chi connectivity index (χ3v) is 5.08. The summed E-state index contributed by atoms with van der Waals surface area (Å²) in [5, 5.41) is 3.16. The van der Waals surface area contributed by atoms with Crippen molar-refractivity contribution in [3.8, 4) is 0 Å². The minimum Gasteiger partial charge on any atom is -0.348 e. The second-order valence-electron chi connectivity index (χ2n) is 6.83. The molecule has 0 spiro atoms. The largest absolute Gasteiger partial charge is 0.348 e. The molecule has 0 bridgehead atoms. The standard InChI is InChI=1S/C18H27N3O/c1-21-12-10-14(11-13-21)16-8-5-9-17(20-16)18(22)19-15-6-3-2-4-7-15/h5,8-9,14-15H,2-4,6-7,10-13H2,1H3,(H,19,22). The number of hydrogen-bond acceptors (Lipinski definition) is 3. The minimum atomic E-state index is 0.00155. The van der Waals surface area contributed by atoms with Crippen LogP contribution in [0.1, 0.15) is 67.0 Å². The second-order valence-corrected chi connectivity index (χ2v) is 6.83. The van der Waals surface area contributed by atoms with E-state index in [1.165, 1.54) is 19.3 Å². The van der Waals surface area contributed by atoms with Crippen molar-refractivity contribution in [1.29, 1.82) is 0 Å². The molecule has 1 aromatic rings. The molecule has 2 fully saturated rings. The van der Waals surface area contributed by atoms with E-state index in [4.69, 9.17) is 0 Å². The van der Waals surface area contributed by atoms with Crippen molar-refractivity contribution >= 4 is 5.91 Å². The Hall–Kier alpha value is -1.42. The average Bonchev–Trinajstić information content (AvgIpc) is 2.56. The monoisotopic (exact) mass is 301 g/mol. The zero-order valence-corrected chi connectivity index (χ0v) is 13.6. The lowest BCUT2D eigenvalue weighted by Gasteiger charge is -2.28. The molecule has 1 aliphatic carbocycles. The number of carbonyl (C=O) groups excluding carboxylic acids is 1. The SMILES string of the molecule is CN1CCC(c2cccc(C(=O)NC3CCCCC3)n2)CC1. The fraction of sp³-hybridized carbons (Fsp3) is 0.667. The van der Waals surface area contributed by atoms with Crippen LogP contribution in [0.25, 0.3) is 0 Å². The first-order valence-electron chi connectivity index (χ1n) is 8.69. The smallest absolute Gasteiger partial charge is 0.270 e. The molecule has 4 heteroatoms. The molecule has 1 amide bonds. The summed E-state index contributed by atoms with van der Waals surface area (Å²) in [7, 11) is 2.16. The van der Waals surface area contributed by atoms with Crippen molar-refractivity contribution in [2.45, 2.75) is 56.9 Å². The van der Waals surface area contributed by atoms with Gasteiger partial charge in [0.1, 0.15) is 5.69 Å². The van der Waals surface area contributed by atoms with Gasteiger partial charge in [0.25, 0.3) is 5.91 Å². The fourth-order valence-electron chi connectivity index (χ4n) is 3.62. The van der Waals surface area contributed by atoms with E-state index < -0.39 is 0 Å². The molecule has 4 nitrogen and oxygen atoms in total. The maximum Gasteiger partial charge on any atom is 0.270 e. The zero-order chi connectivity index (χ0) is 15.4. The lowest BCUT2D eigenvalue weighted by molar-refractivity contribution is 0.0922. The van der Waals surface area contributed by atoms with E-state index in [0.29, 0.717) is 17.7 Å². The first-order chi connectivity index (χ1) is 10.7. The Balaban J connectivity index is 1.63. The molecule has 3 rings (SSSR count). The summed E-state index contributed by atoms with van der Waals surface area (Å²) < 4.78 is 0. The molecule has 0 unspecified atom stereocenters. The van der Waals surface area contributed by atoms with E-state index in [2.05, 4.69) is 28.3 Å². The van der Waals surface area contributed by atoms with Gasteiger partial charge in [0.15, 0.2) is 0 Å². The molecule has 1 N–H and O–H groups in total. The van der Waals surface area contributed by atoms with Gasteiger partial charge in [0.05, 0.1) is 0 Å². The Morgan fingerprint density at radius 3 is 2.59 bits per heavy atom. The highest BCUT2D eigenvalue weighted by molar-refractivity contribution is 5.92. The molecule has 1 aromatic heterocycles. The van der Waals surface area contributed by atoms with Gasteiger partial charge in [-0.1, -0.05) is 25.3 Å². The van der Waals surface area contributed by atoms with Gasteiger partial charge in [0.2, 0.25) is 0 Å². The van der Waals surface area contributed by atoms with Crippen molar-refractivity contribution in [3.63, 3.8) is 0 Å². The van der Waals surface area contributed by atoms with Crippen LogP contribution in [0.4, 0.5) is 0 Å². The summed E-state index contributed by atoms with van der Waals surface area (Å²) >= 11 is 0. The number of nitrogens with zero attached hydrogens (tertiary/aromatic N) is 2. The molecule has 1 aliphatic heterocycles. The summed E-state index contributed by atoms with van der Waals surface area (Å²) in [6.07, 6.45) is 8.26. The first-order valence-corrected chi connectivity index (χ1v) is 8.69. The van der Waals surface area contributed by atoms with E-state index in [0.717, 1.165) is 44.5 Å². The number of piperidine rings is 1. The predicted molar refractivity (Wildman–Crippen MR) is 88.0 cm³/mol. The number of hydrogen-bond donors (Lipinski definition) is 1. The summed E-state index contributed by atoms with van der Waals surface area (Å²) in [5.41, 5.74) is 1.67. The first kappa shape index (κ1) is 15.5. The van der Waals surface area contributed by atoms with Gasteiger partial charge in [0, 0.05) is 17.7 Å². The molecular weight excluding hydrogens is 274 g/mol. The predicted octanol–water partition coefficient (Wildman–Crippen LogP) is 2.95. The summed E-state index contributed by atoms with van der Waals surface area (Å²) in [4.78, 5) is 19.4. The summed E-state index contributed by atoms with van der Waals surface area (Å²) in [5.74, 6) is 0.500. The second kappa shape index (κ2) is 7.23. The molecule has 0 radical (unpaired) electrons. The topological polar surface area (TPSA) is 45.2 Å².